The predicted molar refractivity (Wildman–Crippen MR) is 131 cm³/mol. The number of hydrogen-bond donors (Lipinski definition) is 2. The first-order chi connectivity index (χ1) is 15.8. The molecule has 0 atom stereocenters. The maximum absolute atomic E-state index is 12.7. The number of ether oxygens (including phenoxy) is 1. The van der Waals surface area contributed by atoms with Crippen LogP contribution in [0, 0.1) is 6.92 Å². The number of nitrogens with zero attached hydrogens (tertiary/aromatic N) is 3. The number of carbonyl (C=O) groups is 1. The average molecular weight is 470 g/mol. The zero-order valence-electron chi connectivity index (χ0n) is 18.8. The van der Waals surface area contributed by atoms with E-state index in [4.69, 9.17) is 10.5 Å². The molecule has 0 bridgehead atoms. The van der Waals surface area contributed by atoms with Crippen molar-refractivity contribution in [3.63, 3.8) is 0 Å². The standard InChI is InChI=1S/C23H27N5O4S/c1-4-5-11-28-21(24)20(22(30)26-23(28)31)27(3)19(29)10-9-16-7-6-8-18(12-16)32-13-17-14-33-15(2)25-17/h6-10,12,14H,4-5,11,13,24H2,1-3H3,(H,26,30,31)/b10-9+. The van der Waals surface area contributed by atoms with Crippen molar-refractivity contribution in [1.82, 2.24) is 14.5 Å². The summed E-state index contributed by atoms with van der Waals surface area (Å²) in [4.78, 5) is 44.9. The molecule has 0 aliphatic heterocycles. The summed E-state index contributed by atoms with van der Waals surface area (Å²) < 4.78 is 7.05. The number of nitrogens with one attached hydrogen (secondary N) is 1. The van der Waals surface area contributed by atoms with Crippen LogP contribution in [-0.4, -0.2) is 27.5 Å². The van der Waals surface area contributed by atoms with Gasteiger partial charge in [-0.1, -0.05) is 25.5 Å². The predicted octanol–water partition coefficient (Wildman–Crippen LogP) is 2.94. The highest BCUT2D eigenvalue weighted by Crippen LogP contribution is 2.19. The molecule has 0 saturated heterocycles. The zero-order valence-corrected chi connectivity index (χ0v) is 19.6. The number of likely N-dealkylation sites (N-methyl/N-ethyl adjacent to an activating group) is 1. The van der Waals surface area contributed by atoms with Crippen LogP contribution < -0.4 is 26.6 Å². The molecular weight excluding hydrogens is 442 g/mol. The number of unbranched alkanes of at least 4 members (excludes halogenated alkanes) is 1. The van der Waals surface area contributed by atoms with Gasteiger partial charge in [0.2, 0.25) is 0 Å². The first kappa shape index (κ1) is 24.0. The van der Waals surface area contributed by atoms with Gasteiger partial charge in [0.1, 0.15) is 18.2 Å². The minimum Gasteiger partial charge on any atom is -0.487 e. The second-order valence-electron chi connectivity index (χ2n) is 7.45. The molecule has 0 spiro atoms. The molecule has 0 unspecified atom stereocenters. The molecule has 0 aliphatic carbocycles. The molecule has 2 aromatic heterocycles. The number of nitrogen functional groups attached to an aromatic ring is 1. The Labute approximate surface area is 195 Å². The van der Waals surface area contributed by atoms with Crippen LogP contribution in [-0.2, 0) is 17.9 Å². The van der Waals surface area contributed by atoms with Gasteiger partial charge in [0, 0.05) is 25.0 Å². The number of hydrogen-bond acceptors (Lipinski definition) is 7. The second kappa shape index (κ2) is 10.8. The van der Waals surface area contributed by atoms with E-state index >= 15 is 0 Å². The zero-order chi connectivity index (χ0) is 24.0. The van der Waals surface area contributed by atoms with Crippen molar-refractivity contribution in [2.24, 2.45) is 0 Å². The molecule has 1 amide bonds. The quantitative estimate of drug-likeness (QED) is 0.465. The Morgan fingerprint density at radius 2 is 2.15 bits per heavy atom. The SMILES string of the molecule is CCCCn1c(N)c(N(C)C(=O)/C=C/c2cccc(OCc3csc(C)n3)c2)c(=O)[nH]c1=O. The van der Waals surface area contributed by atoms with Crippen molar-refractivity contribution in [3.05, 3.63) is 72.8 Å². The lowest BCUT2D eigenvalue weighted by Crippen LogP contribution is -2.38. The Morgan fingerprint density at radius 1 is 1.36 bits per heavy atom. The van der Waals surface area contributed by atoms with Gasteiger partial charge in [0.15, 0.2) is 5.69 Å². The fourth-order valence-corrected chi connectivity index (χ4v) is 3.77. The van der Waals surface area contributed by atoms with E-state index in [0.29, 0.717) is 25.3 Å². The summed E-state index contributed by atoms with van der Waals surface area (Å²) in [5.74, 6) is 0.151. The smallest absolute Gasteiger partial charge is 0.330 e. The van der Waals surface area contributed by atoms with Gasteiger partial charge in [-0.2, -0.15) is 0 Å². The molecule has 9 nitrogen and oxygen atoms in total. The van der Waals surface area contributed by atoms with Gasteiger partial charge < -0.3 is 15.4 Å². The number of aromatic amines is 1. The lowest BCUT2D eigenvalue weighted by atomic mass is 10.2. The molecule has 0 aliphatic rings. The minimum absolute atomic E-state index is 0.0332. The summed E-state index contributed by atoms with van der Waals surface area (Å²) in [5, 5.41) is 2.93. The highest BCUT2D eigenvalue weighted by atomic mass is 32.1. The molecule has 0 saturated carbocycles. The van der Waals surface area contributed by atoms with Crippen molar-refractivity contribution in [3.8, 4) is 5.75 Å². The van der Waals surface area contributed by atoms with Gasteiger partial charge in [0.25, 0.3) is 11.5 Å². The third-order valence-electron chi connectivity index (χ3n) is 4.95. The van der Waals surface area contributed by atoms with E-state index in [1.54, 1.807) is 23.5 Å². The number of benzene rings is 1. The third kappa shape index (κ3) is 5.98. The summed E-state index contributed by atoms with van der Waals surface area (Å²) in [6, 6.07) is 7.27. The average Bonchev–Trinajstić information content (AvgIpc) is 3.21. The van der Waals surface area contributed by atoms with E-state index in [1.165, 1.54) is 17.7 Å². The number of thiazole rings is 1. The Morgan fingerprint density at radius 3 is 2.85 bits per heavy atom. The molecule has 10 heteroatoms. The lowest BCUT2D eigenvalue weighted by Gasteiger charge is -2.19. The Bertz CT molecular complexity index is 1270. The fourth-order valence-electron chi connectivity index (χ4n) is 3.17. The Balaban J connectivity index is 1.74. The summed E-state index contributed by atoms with van der Waals surface area (Å²) in [5.41, 5.74) is 6.33. The highest BCUT2D eigenvalue weighted by molar-refractivity contribution is 7.09. The van der Waals surface area contributed by atoms with E-state index in [-0.39, 0.29) is 11.5 Å². The van der Waals surface area contributed by atoms with E-state index in [0.717, 1.165) is 27.6 Å². The first-order valence-corrected chi connectivity index (χ1v) is 11.4. The van der Waals surface area contributed by atoms with Crippen LogP contribution >= 0.6 is 11.3 Å². The van der Waals surface area contributed by atoms with Crippen LogP contribution in [0.4, 0.5) is 11.5 Å². The molecule has 0 fully saturated rings. The van der Waals surface area contributed by atoms with Crippen molar-refractivity contribution >= 4 is 34.8 Å². The van der Waals surface area contributed by atoms with E-state index in [2.05, 4.69) is 9.97 Å². The molecule has 0 radical (unpaired) electrons. The van der Waals surface area contributed by atoms with Crippen molar-refractivity contribution in [2.45, 2.75) is 39.8 Å². The molecule has 33 heavy (non-hydrogen) atoms. The van der Waals surface area contributed by atoms with E-state index in [1.807, 2.05) is 37.4 Å². The minimum atomic E-state index is -0.706. The van der Waals surface area contributed by atoms with Crippen LogP contribution in [0.15, 0.2) is 45.3 Å². The molecule has 2 heterocycles. The van der Waals surface area contributed by atoms with Crippen LogP contribution in [0.3, 0.4) is 0 Å². The molecular formula is C23H27N5O4S. The summed E-state index contributed by atoms with van der Waals surface area (Å²) >= 11 is 1.57. The summed E-state index contributed by atoms with van der Waals surface area (Å²) in [6.45, 7) is 4.63. The fraction of sp³-hybridized carbons (Fsp3) is 0.304. The van der Waals surface area contributed by atoms with Gasteiger partial charge >= 0.3 is 5.69 Å². The van der Waals surface area contributed by atoms with Crippen LogP contribution in [0.1, 0.15) is 36.0 Å². The number of anilines is 2. The molecule has 3 rings (SSSR count). The number of H-pyrrole nitrogens is 1. The Kier molecular flexibility index (Phi) is 7.83. The third-order valence-corrected chi connectivity index (χ3v) is 5.77. The normalized spacial score (nSPS) is 11.1. The number of aryl methyl sites for hydroxylation is 1. The molecule has 3 N–H and O–H groups in total. The maximum Gasteiger partial charge on any atom is 0.330 e. The van der Waals surface area contributed by atoms with Gasteiger partial charge in [-0.05, 0) is 37.1 Å². The molecule has 3 aromatic rings. The monoisotopic (exact) mass is 469 g/mol. The Hall–Kier alpha value is -3.66. The van der Waals surface area contributed by atoms with Crippen LogP contribution in [0.25, 0.3) is 6.08 Å². The number of aromatic nitrogens is 3. The first-order valence-electron chi connectivity index (χ1n) is 10.5. The molecule has 174 valence electrons. The van der Waals surface area contributed by atoms with Gasteiger partial charge in [-0.3, -0.25) is 19.1 Å². The number of nitrogens with two attached hydrogens (primary N) is 1. The number of carbonyl (C=O) groups excluding carboxylic acids is 1. The van der Waals surface area contributed by atoms with Crippen LogP contribution in [0.5, 0.6) is 5.75 Å². The number of amides is 1. The topological polar surface area (TPSA) is 123 Å². The number of rotatable bonds is 9. The summed E-state index contributed by atoms with van der Waals surface area (Å²) in [6.07, 6.45) is 4.52. The van der Waals surface area contributed by atoms with Crippen LogP contribution in [0.2, 0.25) is 0 Å². The van der Waals surface area contributed by atoms with Gasteiger partial charge in [0.05, 0.1) is 10.7 Å². The van der Waals surface area contributed by atoms with Gasteiger partial charge in [-0.25, -0.2) is 9.78 Å². The largest absolute Gasteiger partial charge is 0.487 e. The summed E-state index contributed by atoms with van der Waals surface area (Å²) in [7, 11) is 1.44. The maximum atomic E-state index is 12.7. The van der Waals surface area contributed by atoms with Crippen molar-refractivity contribution in [1.29, 1.82) is 0 Å². The van der Waals surface area contributed by atoms with Crippen molar-refractivity contribution < 1.29 is 9.53 Å². The van der Waals surface area contributed by atoms with Crippen molar-refractivity contribution in [2.75, 3.05) is 17.7 Å². The second-order valence-corrected chi connectivity index (χ2v) is 8.51. The van der Waals surface area contributed by atoms with Gasteiger partial charge in [-0.15, -0.1) is 11.3 Å². The lowest BCUT2D eigenvalue weighted by molar-refractivity contribution is -0.113. The van der Waals surface area contributed by atoms with E-state index < -0.39 is 17.2 Å². The van der Waals surface area contributed by atoms with E-state index in [9.17, 15) is 14.4 Å². The highest BCUT2D eigenvalue weighted by Gasteiger charge is 2.19. The molecule has 1 aromatic carbocycles.